The van der Waals surface area contributed by atoms with Crippen molar-refractivity contribution >= 4 is 13.3 Å². The fourth-order valence-corrected chi connectivity index (χ4v) is 5.28. The number of benzene rings is 2. The Hall–Kier alpha value is -3.30. The minimum atomic E-state index is -4.21. The molecule has 1 unspecified atom stereocenters. The Morgan fingerprint density at radius 2 is 1.62 bits per heavy atom. The van der Waals surface area contributed by atoms with Gasteiger partial charge in [-0.15, -0.1) is 0 Å². The summed E-state index contributed by atoms with van der Waals surface area (Å²) >= 11 is 0. The summed E-state index contributed by atoms with van der Waals surface area (Å²) in [4.78, 5) is 26.3. The molecule has 0 aliphatic carbocycles. The van der Waals surface area contributed by atoms with Crippen molar-refractivity contribution in [2.75, 3.05) is 6.16 Å². The minimum Gasteiger partial charge on any atom is -0.481 e. The number of carbonyl (C=O) groups is 1. The monoisotopic (exact) mass is 523 g/mol. The molecule has 0 spiro atoms. The molecule has 2 aromatic carbocycles. The van der Waals surface area contributed by atoms with Crippen LogP contribution in [0.4, 0.5) is 4.39 Å². The van der Waals surface area contributed by atoms with Gasteiger partial charge in [-0.1, -0.05) is 76.1 Å². The lowest BCUT2D eigenvalue weighted by Crippen LogP contribution is -2.17. The second-order valence-electron chi connectivity index (χ2n) is 9.56. The summed E-state index contributed by atoms with van der Waals surface area (Å²) in [5.41, 5.74) is 7.40. The number of rotatable bonds is 8. The number of aliphatic hydroxyl groups excluding tert-OH is 1. The third-order valence-corrected chi connectivity index (χ3v) is 7.17. The van der Waals surface area contributed by atoms with Crippen molar-refractivity contribution < 1.29 is 28.9 Å². The van der Waals surface area contributed by atoms with Crippen LogP contribution < -0.4 is 0 Å². The van der Waals surface area contributed by atoms with Gasteiger partial charge in [0.15, 0.2) is 0 Å². The van der Waals surface area contributed by atoms with Gasteiger partial charge >= 0.3 is 5.97 Å². The number of aliphatic carboxylic acids is 1. The predicted octanol–water partition coefficient (Wildman–Crippen LogP) is 6.22. The first-order chi connectivity index (χ1) is 17.4. The average Bonchev–Trinajstić information content (AvgIpc) is 2.81. The summed E-state index contributed by atoms with van der Waals surface area (Å²) in [7, 11) is -4.21. The quantitative estimate of drug-likeness (QED) is 0.239. The van der Waals surface area contributed by atoms with Crippen LogP contribution in [-0.4, -0.2) is 38.3 Å². The van der Waals surface area contributed by atoms with Crippen LogP contribution in [0.5, 0.6) is 0 Å². The number of hydrogen-bond acceptors (Lipinski definition) is 4. The zero-order valence-electron chi connectivity index (χ0n) is 21.3. The van der Waals surface area contributed by atoms with E-state index in [9.17, 15) is 23.7 Å². The molecule has 0 aliphatic heterocycles. The minimum absolute atomic E-state index is 0.0251. The first-order valence-corrected chi connectivity index (χ1v) is 13.9. The topological polar surface area (TPSA) is 108 Å². The van der Waals surface area contributed by atoms with E-state index in [0.29, 0.717) is 22.4 Å². The SMILES string of the molecule is CC(C)c1nc(-c2ccccc2)c(C(C)C)c(-c2ccc(F)cc2)c1C#CP(=O)(O)C[C@H](O)CC(=O)O. The summed E-state index contributed by atoms with van der Waals surface area (Å²) in [6.45, 7) is 7.92. The van der Waals surface area contributed by atoms with E-state index in [1.54, 1.807) is 12.1 Å². The molecule has 0 bridgehead atoms. The Morgan fingerprint density at radius 3 is 2.16 bits per heavy atom. The van der Waals surface area contributed by atoms with E-state index in [4.69, 9.17) is 10.1 Å². The molecule has 37 heavy (non-hydrogen) atoms. The fourth-order valence-electron chi connectivity index (χ4n) is 4.20. The van der Waals surface area contributed by atoms with E-state index in [1.165, 1.54) is 12.1 Å². The van der Waals surface area contributed by atoms with Gasteiger partial charge < -0.3 is 15.1 Å². The standard InChI is InChI=1S/C29H31FNO5P/c1-18(2)26-27(20-10-12-22(30)13-11-20)24(14-15-37(35,36)17-23(32)16-25(33)34)28(19(3)4)31-29(26)21-8-6-5-7-9-21/h5-13,18-19,23,32H,16-17H2,1-4H3,(H,33,34)(H,35,36)/t23-/m1/s1. The number of carboxylic acid groups (broad SMARTS) is 1. The van der Waals surface area contributed by atoms with Gasteiger partial charge in [-0.25, -0.2) is 4.39 Å². The lowest BCUT2D eigenvalue weighted by Gasteiger charge is -2.23. The number of hydrogen-bond donors (Lipinski definition) is 3. The summed E-state index contributed by atoms with van der Waals surface area (Å²) in [6, 6.07) is 15.7. The molecule has 0 radical (unpaired) electrons. The number of halogens is 1. The van der Waals surface area contributed by atoms with Crippen molar-refractivity contribution in [2.24, 2.45) is 0 Å². The van der Waals surface area contributed by atoms with E-state index in [0.717, 1.165) is 16.8 Å². The van der Waals surface area contributed by atoms with Crippen LogP contribution in [-0.2, 0) is 9.36 Å². The van der Waals surface area contributed by atoms with Gasteiger partial charge in [-0.05, 0) is 40.8 Å². The summed E-state index contributed by atoms with van der Waals surface area (Å²) in [6.07, 6.45) is -2.83. The van der Waals surface area contributed by atoms with Crippen LogP contribution in [0.2, 0.25) is 0 Å². The van der Waals surface area contributed by atoms with Gasteiger partial charge in [-0.3, -0.25) is 14.3 Å². The molecule has 194 valence electrons. The van der Waals surface area contributed by atoms with Crippen molar-refractivity contribution in [2.45, 2.75) is 52.1 Å². The van der Waals surface area contributed by atoms with Gasteiger partial charge in [-0.2, -0.15) is 0 Å². The Kier molecular flexibility index (Phi) is 9.04. The zero-order valence-corrected chi connectivity index (χ0v) is 22.2. The Balaban J connectivity index is 2.35. The van der Waals surface area contributed by atoms with Gasteiger partial charge in [0.05, 0.1) is 35.6 Å². The number of carboxylic acids is 1. The molecule has 1 aromatic heterocycles. The first-order valence-electron chi connectivity index (χ1n) is 12.0. The number of aromatic nitrogens is 1. The van der Waals surface area contributed by atoms with E-state index >= 15 is 0 Å². The highest BCUT2D eigenvalue weighted by Crippen LogP contribution is 2.43. The molecule has 2 atom stereocenters. The van der Waals surface area contributed by atoms with Crippen molar-refractivity contribution in [3.63, 3.8) is 0 Å². The maximum Gasteiger partial charge on any atom is 0.305 e. The van der Waals surface area contributed by atoms with Crippen molar-refractivity contribution in [1.29, 1.82) is 0 Å². The van der Waals surface area contributed by atoms with Crippen LogP contribution in [0.25, 0.3) is 22.4 Å². The lowest BCUT2D eigenvalue weighted by molar-refractivity contribution is -0.138. The second-order valence-corrected chi connectivity index (χ2v) is 11.6. The first kappa shape index (κ1) is 28.3. The molecule has 0 saturated carbocycles. The number of aliphatic hydroxyl groups is 1. The summed E-state index contributed by atoms with van der Waals surface area (Å²) < 4.78 is 26.7. The lowest BCUT2D eigenvalue weighted by atomic mass is 9.84. The molecule has 0 aliphatic rings. The summed E-state index contributed by atoms with van der Waals surface area (Å²) in [5, 5.41) is 18.8. The smallest absolute Gasteiger partial charge is 0.305 e. The van der Waals surface area contributed by atoms with Crippen LogP contribution in [0, 0.1) is 17.4 Å². The number of nitrogens with zero attached hydrogens (tertiary/aromatic N) is 1. The van der Waals surface area contributed by atoms with Gasteiger partial charge in [0.25, 0.3) is 7.37 Å². The fraction of sp³-hybridized carbons (Fsp3) is 0.310. The molecule has 3 rings (SSSR count). The predicted molar refractivity (Wildman–Crippen MR) is 143 cm³/mol. The van der Waals surface area contributed by atoms with Crippen LogP contribution in [0.3, 0.4) is 0 Å². The van der Waals surface area contributed by atoms with Crippen molar-refractivity contribution in [3.05, 3.63) is 77.2 Å². The number of pyridine rings is 1. The van der Waals surface area contributed by atoms with Gasteiger partial charge in [0.1, 0.15) is 5.82 Å². The average molecular weight is 524 g/mol. The highest BCUT2D eigenvalue weighted by molar-refractivity contribution is 7.63. The van der Waals surface area contributed by atoms with E-state index in [-0.39, 0.29) is 11.8 Å². The Labute approximate surface area is 216 Å². The molecular weight excluding hydrogens is 492 g/mol. The molecule has 0 fully saturated rings. The third-order valence-electron chi connectivity index (χ3n) is 5.79. The molecular formula is C29H31FNO5P. The molecule has 3 N–H and O–H groups in total. The van der Waals surface area contributed by atoms with Crippen LogP contribution in [0.1, 0.15) is 62.8 Å². The van der Waals surface area contributed by atoms with Gasteiger partial charge in [0.2, 0.25) is 0 Å². The normalized spacial score (nSPS) is 13.6. The Bertz CT molecular complexity index is 1380. The van der Waals surface area contributed by atoms with Crippen LogP contribution >= 0.6 is 7.37 Å². The van der Waals surface area contributed by atoms with E-state index in [1.807, 2.05) is 58.0 Å². The van der Waals surface area contributed by atoms with E-state index < -0.39 is 37.8 Å². The van der Waals surface area contributed by atoms with Crippen molar-refractivity contribution in [3.8, 4) is 34.0 Å². The molecule has 1 heterocycles. The second kappa shape index (κ2) is 11.8. The Morgan fingerprint density at radius 1 is 1.00 bits per heavy atom. The zero-order chi connectivity index (χ0) is 27.3. The van der Waals surface area contributed by atoms with E-state index in [2.05, 4.69) is 11.6 Å². The molecule has 0 amide bonds. The molecule has 8 heteroatoms. The third kappa shape index (κ3) is 7.14. The largest absolute Gasteiger partial charge is 0.481 e. The highest BCUT2D eigenvalue weighted by Gasteiger charge is 2.26. The maximum absolute atomic E-state index is 13.9. The molecule has 0 saturated heterocycles. The van der Waals surface area contributed by atoms with Gasteiger partial charge in [0, 0.05) is 11.1 Å². The van der Waals surface area contributed by atoms with Crippen molar-refractivity contribution in [1.82, 2.24) is 4.98 Å². The van der Waals surface area contributed by atoms with Crippen LogP contribution in [0.15, 0.2) is 54.6 Å². The molecule has 6 nitrogen and oxygen atoms in total. The summed E-state index contributed by atoms with van der Waals surface area (Å²) in [5.74, 6) is 1.07. The molecule has 3 aromatic rings. The maximum atomic E-state index is 13.9. The highest BCUT2D eigenvalue weighted by atomic mass is 31.2.